The molecule has 7 heteroatoms. The lowest BCUT2D eigenvalue weighted by Gasteiger charge is -2.24. The van der Waals surface area contributed by atoms with Gasteiger partial charge in [0.25, 0.3) is 0 Å². The van der Waals surface area contributed by atoms with Crippen LogP contribution in [0.25, 0.3) is 16.8 Å². The summed E-state index contributed by atoms with van der Waals surface area (Å²) in [5.41, 5.74) is 5.20. The van der Waals surface area contributed by atoms with Gasteiger partial charge in [0, 0.05) is 36.8 Å². The minimum absolute atomic E-state index is 0.443. The van der Waals surface area contributed by atoms with Crippen molar-refractivity contribution >= 4 is 21.6 Å². The number of aryl methyl sites for hydroxylation is 2. The summed E-state index contributed by atoms with van der Waals surface area (Å²) in [6.07, 6.45) is 8.10. The Hall–Kier alpha value is -1.73. The van der Waals surface area contributed by atoms with Crippen LogP contribution in [0.4, 0.5) is 0 Å². The molecule has 0 aliphatic carbocycles. The fourth-order valence-electron chi connectivity index (χ4n) is 3.26. The van der Waals surface area contributed by atoms with Gasteiger partial charge in [-0.2, -0.15) is 10.2 Å². The molecule has 1 N–H and O–H groups in total. The zero-order valence-corrected chi connectivity index (χ0v) is 14.8. The largest absolute Gasteiger partial charge is 0.316 e. The molecule has 1 saturated heterocycles. The molecule has 0 aromatic carbocycles. The summed E-state index contributed by atoms with van der Waals surface area (Å²) in [5.74, 6) is 0.443. The number of rotatable bonds is 2. The highest BCUT2D eigenvalue weighted by Gasteiger charge is 2.23. The van der Waals surface area contributed by atoms with E-state index in [1.165, 1.54) is 12.8 Å². The predicted octanol–water partition coefficient (Wildman–Crippen LogP) is 2.67. The number of nitrogens with one attached hydrogen (secondary N) is 1. The van der Waals surface area contributed by atoms with Crippen LogP contribution < -0.4 is 5.32 Å². The van der Waals surface area contributed by atoms with Crippen molar-refractivity contribution in [3.8, 4) is 11.1 Å². The molecule has 3 aromatic rings. The first-order valence-electron chi connectivity index (χ1n) is 7.88. The van der Waals surface area contributed by atoms with Crippen molar-refractivity contribution < 1.29 is 0 Å². The molecule has 0 saturated carbocycles. The van der Waals surface area contributed by atoms with Gasteiger partial charge in [-0.3, -0.25) is 4.68 Å². The zero-order chi connectivity index (χ0) is 16.0. The third kappa shape index (κ3) is 2.48. The molecule has 1 aliphatic heterocycles. The van der Waals surface area contributed by atoms with Gasteiger partial charge in [-0.05, 0) is 42.2 Å². The van der Waals surface area contributed by atoms with Crippen LogP contribution in [0.15, 0.2) is 23.1 Å². The van der Waals surface area contributed by atoms with Crippen LogP contribution in [0.5, 0.6) is 0 Å². The summed E-state index contributed by atoms with van der Waals surface area (Å²) in [6.45, 7) is 4.17. The summed E-state index contributed by atoms with van der Waals surface area (Å²) < 4.78 is 4.78. The Labute approximate surface area is 143 Å². The Morgan fingerprint density at radius 1 is 1.30 bits per heavy atom. The lowest BCUT2D eigenvalue weighted by Crippen LogP contribution is -2.29. The van der Waals surface area contributed by atoms with Crippen LogP contribution in [0, 0.1) is 6.92 Å². The second-order valence-electron chi connectivity index (χ2n) is 6.14. The fraction of sp³-hybridized carbons (Fsp3) is 0.438. The normalized spacial score (nSPS) is 18.7. The monoisotopic (exact) mass is 374 g/mol. The van der Waals surface area contributed by atoms with Crippen LogP contribution in [0.3, 0.4) is 0 Å². The highest BCUT2D eigenvalue weighted by Crippen LogP contribution is 2.33. The lowest BCUT2D eigenvalue weighted by atomic mass is 9.95. The average molecular weight is 375 g/mol. The van der Waals surface area contributed by atoms with Gasteiger partial charge >= 0.3 is 0 Å². The number of aromatic nitrogens is 5. The van der Waals surface area contributed by atoms with Gasteiger partial charge in [0.15, 0.2) is 5.65 Å². The third-order valence-electron chi connectivity index (χ3n) is 4.53. The van der Waals surface area contributed by atoms with Gasteiger partial charge in [0.1, 0.15) is 0 Å². The van der Waals surface area contributed by atoms with E-state index in [-0.39, 0.29) is 0 Å². The van der Waals surface area contributed by atoms with Crippen LogP contribution >= 0.6 is 15.9 Å². The highest BCUT2D eigenvalue weighted by atomic mass is 79.9. The SMILES string of the molecule is Cc1c(Br)c(C2CCCNC2)nc2c(-c3cnn(C)c3)cnn12. The summed E-state index contributed by atoms with van der Waals surface area (Å²) in [6, 6.07) is 0. The van der Waals surface area contributed by atoms with Gasteiger partial charge in [-0.15, -0.1) is 0 Å². The zero-order valence-electron chi connectivity index (χ0n) is 13.3. The molecule has 1 unspecified atom stereocenters. The first-order valence-corrected chi connectivity index (χ1v) is 8.68. The van der Waals surface area contributed by atoms with Crippen molar-refractivity contribution in [2.24, 2.45) is 7.05 Å². The van der Waals surface area contributed by atoms with E-state index < -0.39 is 0 Å². The molecule has 0 radical (unpaired) electrons. The second kappa shape index (κ2) is 5.72. The van der Waals surface area contributed by atoms with E-state index >= 15 is 0 Å². The van der Waals surface area contributed by atoms with E-state index in [2.05, 4.69) is 38.4 Å². The van der Waals surface area contributed by atoms with E-state index in [9.17, 15) is 0 Å². The number of piperidine rings is 1. The minimum atomic E-state index is 0.443. The van der Waals surface area contributed by atoms with Gasteiger partial charge in [0.2, 0.25) is 0 Å². The van der Waals surface area contributed by atoms with Crippen molar-refractivity contribution in [2.75, 3.05) is 13.1 Å². The second-order valence-corrected chi connectivity index (χ2v) is 6.93. The minimum Gasteiger partial charge on any atom is -0.316 e. The maximum Gasteiger partial charge on any atom is 0.163 e. The van der Waals surface area contributed by atoms with Gasteiger partial charge in [0.05, 0.1) is 28.3 Å². The molecular formula is C16H19BrN6. The van der Waals surface area contributed by atoms with Crippen molar-refractivity contribution in [2.45, 2.75) is 25.7 Å². The Bertz CT molecular complexity index is 859. The Balaban J connectivity index is 1.89. The highest BCUT2D eigenvalue weighted by molar-refractivity contribution is 9.10. The van der Waals surface area contributed by atoms with Crippen molar-refractivity contribution in [1.82, 2.24) is 29.7 Å². The first kappa shape index (κ1) is 14.8. The van der Waals surface area contributed by atoms with Gasteiger partial charge in [-0.25, -0.2) is 9.50 Å². The van der Waals surface area contributed by atoms with Crippen molar-refractivity contribution in [3.05, 3.63) is 34.5 Å². The molecule has 1 fully saturated rings. The summed E-state index contributed by atoms with van der Waals surface area (Å²) >= 11 is 3.74. The molecular weight excluding hydrogens is 356 g/mol. The van der Waals surface area contributed by atoms with E-state index in [0.717, 1.165) is 45.7 Å². The van der Waals surface area contributed by atoms with E-state index in [1.54, 1.807) is 4.68 Å². The topological polar surface area (TPSA) is 60.0 Å². The molecule has 1 atom stereocenters. The lowest BCUT2D eigenvalue weighted by molar-refractivity contribution is 0.453. The van der Waals surface area contributed by atoms with Crippen LogP contribution in [0.2, 0.25) is 0 Å². The predicted molar refractivity (Wildman–Crippen MR) is 92.5 cm³/mol. The van der Waals surface area contributed by atoms with Gasteiger partial charge in [-0.1, -0.05) is 0 Å². The van der Waals surface area contributed by atoms with E-state index in [0.29, 0.717) is 5.92 Å². The smallest absolute Gasteiger partial charge is 0.163 e. The van der Waals surface area contributed by atoms with Crippen molar-refractivity contribution in [1.29, 1.82) is 0 Å². The molecule has 23 heavy (non-hydrogen) atoms. The summed E-state index contributed by atoms with van der Waals surface area (Å²) in [4.78, 5) is 4.98. The molecule has 1 aliphatic rings. The molecule has 0 spiro atoms. The molecule has 120 valence electrons. The van der Waals surface area contributed by atoms with E-state index in [4.69, 9.17) is 4.98 Å². The maximum atomic E-state index is 4.98. The molecule has 3 aromatic heterocycles. The van der Waals surface area contributed by atoms with Crippen LogP contribution in [0.1, 0.15) is 30.1 Å². The molecule has 0 bridgehead atoms. The van der Waals surface area contributed by atoms with Crippen LogP contribution in [-0.2, 0) is 7.05 Å². The number of nitrogens with zero attached hydrogens (tertiary/aromatic N) is 5. The van der Waals surface area contributed by atoms with Crippen LogP contribution in [-0.4, -0.2) is 37.5 Å². The summed E-state index contributed by atoms with van der Waals surface area (Å²) in [7, 11) is 1.92. The Morgan fingerprint density at radius 3 is 2.87 bits per heavy atom. The number of hydrogen-bond acceptors (Lipinski definition) is 4. The molecule has 6 nitrogen and oxygen atoms in total. The summed E-state index contributed by atoms with van der Waals surface area (Å²) in [5, 5.41) is 12.3. The van der Waals surface area contributed by atoms with Gasteiger partial charge < -0.3 is 5.32 Å². The Morgan fingerprint density at radius 2 is 2.17 bits per heavy atom. The third-order valence-corrected chi connectivity index (χ3v) is 5.51. The standard InChI is InChI=1S/C16H19BrN6/c1-10-14(17)15(11-4-3-5-18-6-11)21-16-13(8-20-23(10)16)12-7-19-22(2)9-12/h7-9,11,18H,3-6H2,1-2H3. The van der Waals surface area contributed by atoms with Crippen molar-refractivity contribution in [3.63, 3.8) is 0 Å². The maximum absolute atomic E-state index is 4.98. The molecule has 4 heterocycles. The molecule has 4 rings (SSSR count). The fourth-order valence-corrected chi connectivity index (χ4v) is 3.84. The first-order chi connectivity index (χ1) is 11.1. The number of halogens is 1. The average Bonchev–Trinajstić information content (AvgIpc) is 3.17. The van der Waals surface area contributed by atoms with E-state index in [1.807, 2.05) is 30.2 Å². The number of hydrogen-bond donors (Lipinski definition) is 1. The number of fused-ring (bicyclic) bond motifs is 1. The Kier molecular flexibility index (Phi) is 3.69. The quantitative estimate of drug-likeness (QED) is 0.748. The molecule has 0 amide bonds.